The Bertz CT molecular complexity index is 919. The van der Waals surface area contributed by atoms with E-state index in [9.17, 15) is 5.11 Å². The summed E-state index contributed by atoms with van der Waals surface area (Å²) >= 11 is 0. The van der Waals surface area contributed by atoms with Crippen molar-refractivity contribution in [2.75, 3.05) is 0 Å². The fraction of sp³-hybridized carbons (Fsp3) is 0.333. The largest absolute Gasteiger partial charge is 0.371 e. The van der Waals surface area contributed by atoms with E-state index in [0.717, 1.165) is 16.7 Å². The van der Waals surface area contributed by atoms with E-state index in [0.29, 0.717) is 19.8 Å². The normalized spacial score (nSPS) is 23.8. The highest BCUT2D eigenvalue weighted by atomic mass is 16.7. The first-order valence-corrected chi connectivity index (χ1v) is 11.0. The molecule has 168 valence electrons. The van der Waals surface area contributed by atoms with Crippen molar-refractivity contribution in [1.82, 2.24) is 0 Å². The number of aliphatic hydroxyl groups is 1. The fourth-order valence-corrected chi connectivity index (χ4v) is 3.84. The van der Waals surface area contributed by atoms with Crippen molar-refractivity contribution in [3.05, 3.63) is 108 Å². The third kappa shape index (κ3) is 6.03. The van der Waals surface area contributed by atoms with Crippen LogP contribution in [0.15, 0.2) is 91.0 Å². The molecule has 5 nitrogen and oxygen atoms in total. The van der Waals surface area contributed by atoms with E-state index < -0.39 is 24.6 Å². The van der Waals surface area contributed by atoms with Gasteiger partial charge in [-0.2, -0.15) is 0 Å². The van der Waals surface area contributed by atoms with Crippen molar-refractivity contribution in [2.45, 2.75) is 57.5 Å². The Morgan fingerprint density at radius 2 is 1.12 bits per heavy atom. The number of hydrogen-bond donors (Lipinski definition) is 1. The van der Waals surface area contributed by atoms with Crippen LogP contribution in [0.2, 0.25) is 0 Å². The first-order valence-electron chi connectivity index (χ1n) is 11.0. The average Bonchev–Trinajstić information content (AvgIpc) is 3.17. The molecule has 1 aliphatic heterocycles. The third-order valence-corrected chi connectivity index (χ3v) is 5.61. The summed E-state index contributed by atoms with van der Waals surface area (Å²) in [6.07, 6.45) is -2.94. The van der Waals surface area contributed by atoms with Gasteiger partial charge in [0.15, 0.2) is 6.29 Å². The fourth-order valence-electron chi connectivity index (χ4n) is 3.84. The van der Waals surface area contributed by atoms with Crippen molar-refractivity contribution in [1.29, 1.82) is 0 Å². The molecular formula is C27H30O5. The highest BCUT2D eigenvalue weighted by Crippen LogP contribution is 2.30. The standard InChI is InChI=1S/C27H30O5/c1-20(29-17-21-11-5-2-6-12-21)24-25(30-18-22-13-7-3-8-14-22)26(27(28)32-24)31-19-23-15-9-4-10-16-23/h2-16,20,24-28H,17-19H2,1H3/t20-,24+,25+,26-,27-/m1/s1. The van der Waals surface area contributed by atoms with Crippen molar-refractivity contribution >= 4 is 0 Å². The van der Waals surface area contributed by atoms with Gasteiger partial charge in [-0.15, -0.1) is 0 Å². The summed E-state index contributed by atoms with van der Waals surface area (Å²) in [5.74, 6) is 0. The summed E-state index contributed by atoms with van der Waals surface area (Å²) in [5.41, 5.74) is 3.15. The van der Waals surface area contributed by atoms with Crippen LogP contribution in [0.3, 0.4) is 0 Å². The second kappa shape index (κ2) is 11.4. The minimum absolute atomic E-state index is 0.295. The molecule has 0 bridgehead atoms. The molecule has 0 spiro atoms. The molecule has 5 atom stereocenters. The van der Waals surface area contributed by atoms with Gasteiger partial charge in [0.05, 0.1) is 25.9 Å². The Morgan fingerprint density at radius 1 is 0.688 bits per heavy atom. The first kappa shape index (κ1) is 22.6. The summed E-state index contributed by atoms with van der Waals surface area (Å²) < 4.78 is 24.3. The van der Waals surface area contributed by atoms with E-state index in [-0.39, 0.29) is 6.10 Å². The summed E-state index contributed by atoms with van der Waals surface area (Å²) in [7, 11) is 0. The minimum atomic E-state index is -1.09. The van der Waals surface area contributed by atoms with Gasteiger partial charge in [0.2, 0.25) is 0 Å². The molecule has 0 unspecified atom stereocenters. The van der Waals surface area contributed by atoms with Gasteiger partial charge in [-0.05, 0) is 23.6 Å². The summed E-state index contributed by atoms with van der Waals surface area (Å²) in [5, 5.41) is 10.7. The van der Waals surface area contributed by atoms with Gasteiger partial charge in [-0.25, -0.2) is 0 Å². The quantitative estimate of drug-likeness (QED) is 0.510. The third-order valence-electron chi connectivity index (χ3n) is 5.61. The maximum atomic E-state index is 10.7. The molecule has 0 saturated carbocycles. The molecule has 32 heavy (non-hydrogen) atoms. The van der Waals surface area contributed by atoms with Crippen LogP contribution in [0.5, 0.6) is 0 Å². The molecular weight excluding hydrogens is 404 g/mol. The molecule has 3 aromatic rings. The lowest BCUT2D eigenvalue weighted by molar-refractivity contribution is -0.162. The lowest BCUT2D eigenvalue weighted by atomic mass is 10.1. The van der Waals surface area contributed by atoms with Gasteiger partial charge in [0, 0.05) is 0 Å². The van der Waals surface area contributed by atoms with Gasteiger partial charge in [-0.3, -0.25) is 0 Å². The predicted octanol–water partition coefficient (Wildman–Crippen LogP) is 4.48. The summed E-state index contributed by atoms with van der Waals surface area (Å²) in [6, 6.07) is 29.8. The Kier molecular flexibility index (Phi) is 8.04. The number of ether oxygens (including phenoxy) is 4. The molecule has 1 heterocycles. The van der Waals surface area contributed by atoms with Crippen LogP contribution in [0.25, 0.3) is 0 Å². The van der Waals surface area contributed by atoms with Crippen LogP contribution in [0.4, 0.5) is 0 Å². The Morgan fingerprint density at radius 3 is 1.62 bits per heavy atom. The van der Waals surface area contributed by atoms with E-state index in [4.69, 9.17) is 18.9 Å². The van der Waals surface area contributed by atoms with Crippen LogP contribution in [0.1, 0.15) is 23.6 Å². The molecule has 4 rings (SSSR count). The predicted molar refractivity (Wildman–Crippen MR) is 122 cm³/mol. The molecule has 0 radical (unpaired) electrons. The van der Waals surface area contributed by atoms with Gasteiger partial charge in [0.1, 0.15) is 18.3 Å². The average molecular weight is 435 g/mol. The molecule has 0 amide bonds. The van der Waals surface area contributed by atoms with Gasteiger partial charge >= 0.3 is 0 Å². The molecule has 1 fully saturated rings. The van der Waals surface area contributed by atoms with Crippen molar-refractivity contribution < 1.29 is 24.1 Å². The molecule has 0 aliphatic carbocycles. The summed E-state index contributed by atoms with van der Waals surface area (Å²) in [4.78, 5) is 0. The van der Waals surface area contributed by atoms with Gasteiger partial charge < -0.3 is 24.1 Å². The maximum Gasteiger partial charge on any atom is 0.184 e. The van der Waals surface area contributed by atoms with Crippen LogP contribution >= 0.6 is 0 Å². The van der Waals surface area contributed by atoms with Crippen LogP contribution in [-0.4, -0.2) is 35.8 Å². The Balaban J connectivity index is 1.44. The Labute approximate surface area is 189 Å². The SMILES string of the molecule is C[C@@H](OCc1ccccc1)[C@@H]1O[C@@H](O)[C@H](OCc2ccccc2)[C@H]1OCc1ccccc1. The Hall–Kier alpha value is -2.54. The van der Waals surface area contributed by atoms with Gasteiger partial charge in [-0.1, -0.05) is 91.0 Å². The monoisotopic (exact) mass is 434 g/mol. The van der Waals surface area contributed by atoms with Crippen LogP contribution in [0, 0.1) is 0 Å². The van der Waals surface area contributed by atoms with E-state index in [2.05, 4.69) is 0 Å². The lowest BCUT2D eigenvalue weighted by Crippen LogP contribution is -2.42. The second-order valence-electron chi connectivity index (χ2n) is 8.02. The van der Waals surface area contributed by atoms with Crippen LogP contribution in [-0.2, 0) is 38.8 Å². The minimum Gasteiger partial charge on any atom is -0.371 e. The van der Waals surface area contributed by atoms with E-state index in [1.54, 1.807) is 0 Å². The topological polar surface area (TPSA) is 57.2 Å². The maximum absolute atomic E-state index is 10.7. The van der Waals surface area contributed by atoms with E-state index >= 15 is 0 Å². The lowest BCUT2D eigenvalue weighted by Gasteiger charge is -2.27. The molecule has 1 N–H and O–H groups in total. The van der Waals surface area contributed by atoms with Gasteiger partial charge in [0.25, 0.3) is 0 Å². The number of hydrogen-bond acceptors (Lipinski definition) is 5. The zero-order valence-electron chi connectivity index (χ0n) is 18.2. The smallest absolute Gasteiger partial charge is 0.184 e. The second-order valence-corrected chi connectivity index (χ2v) is 8.02. The zero-order valence-corrected chi connectivity index (χ0v) is 18.2. The summed E-state index contributed by atoms with van der Waals surface area (Å²) in [6.45, 7) is 3.16. The molecule has 1 saturated heterocycles. The molecule has 0 aromatic heterocycles. The number of benzene rings is 3. The van der Waals surface area contributed by atoms with Crippen molar-refractivity contribution in [3.8, 4) is 0 Å². The number of aliphatic hydroxyl groups excluding tert-OH is 1. The zero-order chi connectivity index (χ0) is 22.2. The first-order chi connectivity index (χ1) is 15.7. The molecule has 1 aliphatic rings. The highest BCUT2D eigenvalue weighted by Gasteiger charge is 2.48. The highest BCUT2D eigenvalue weighted by molar-refractivity contribution is 5.15. The molecule has 5 heteroatoms. The van der Waals surface area contributed by atoms with Crippen molar-refractivity contribution in [2.24, 2.45) is 0 Å². The van der Waals surface area contributed by atoms with E-state index in [1.807, 2.05) is 97.9 Å². The molecule has 3 aromatic carbocycles. The number of rotatable bonds is 10. The van der Waals surface area contributed by atoms with E-state index in [1.165, 1.54) is 0 Å². The van der Waals surface area contributed by atoms with Crippen LogP contribution < -0.4 is 0 Å². The van der Waals surface area contributed by atoms with Crippen molar-refractivity contribution in [3.63, 3.8) is 0 Å².